The van der Waals surface area contributed by atoms with Crippen LogP contribution < -0.4 is 5.32 Å². The second kappa shape index (κ2) is 10.2. The molecule has 0 radical (unpaired) electrons. The smallest absolute Gasteiger partial charge is 0.256 e. The van der Waals surface area contributed by atoms with Crippen molar-refractivity contribution in [3.05, 3.63) is 59.7 Å². The molecule has 0 saturated carbocycles. The summed E-state index contributed by atoms with van der Waals surface area (Å²) in [6, 6.07) is 12.8. The van der Waals surface area contributed by atoms with Crippen molar-refractivity contribution in [1.82, 2.24) is 9.21 Å². The first-order valence-electron chi connectivity index (χ1n) is 11.7. The van der Waals surface area contributed by atoms with E-state index in [9.17, 15) is 18.0 Å². The number of carbonyl (C=O) groups excluding carboxylic acids is 2. The Labute approximate surface area is 200 Å². The van der Waals surface area contributed by atoms with Crippen LogP contribution in [-0.4, -0.2) is 67.8 Å². The van der Waals surface area contributed by atoms with E-state index in [1.54, 1.807) is 45.6 Å². The summed E-state index contributed by atoms with van der Waals surface area (Å²) >= 11 is 0. The summed E-state index contributed by atoms with van der Waals surface area (Å²) in [5, 5.41) is 2.79. The maximum atomic E-state index is 13.2. The third-order valence-corrected chi connectivity index (χ3v) is 8.64. The fourth-order valence-electron chi connectivity index (χ4n) is 4.71. The monoisotopic (exact) mass is 485 g/mol. The van der Waals surface area contributed by atoms with Crippen LogP contribution in [0.4, 0.5) is 5.69 Å². The first kappa shape index (κ1) is 24.4. The van der Waals surface area contributed by atoms with Gasteiger partial charge in [0, 0.05) is 30.9 Å². The lowest BCUT2D eigenvalue weighted by atomic mass is 10.0. The SMILES string of the molecule is C[C@H]1CCC[C@H](C)N1S(=O)(=O)c1ccc(NC(=O)c2ccccc2C(=O)N2CCOCC2)cc1. The topological polar surface area (TPSA) is 96.0 Å². The van der Waals surface area contributed by atoms with Gasteiger partial charge in [0.25, 0.3) is 11.8 Å². The molecular weight excluding hydrogens is 454 g/mol. The lowest BCUT2D eigenvalue weighted by molar-refractivity contribution is 0.0302. The van der Waals surface area contributed by atoms with Crippen molar-refractivity contribution in [3.63, 3.8) is 0 Å². The zero-order chi connectivity index (χ0) is 24.3. The molecule has 4 rings (SSSR count). The van der Waals surface area contributed by atoms with Crippen molar-refractivity contribution in [2.24, 2.45) is 0 Å². The van der Waals surface area contributed by atoms with Crippen LogP contribution in [0.5, 0.6) is 0 Å². The lowest BCUT2D eigenvalue weighted by Crippen LogP contribution is -2.47. The molecule has 2 atom stereocenters. The Morgan fingerprint density at radius 2 is 1.50 bits per heavy atom. The summed E-state index contributed by atoms with van der Waals surface area (Å²) in [6.07, 6.45) is 2.72. The minimum Gasteiger partial charge on any atom is -0.378 e. The fraction of sp³-hybridized carbons (Fsp3) is 0.440. The number of rotatable bonds is 5. The van der Waals surface area contributed by atoms with Gasteiger partial charge in [-0.1, -0.05) is 18.6 Å². The van der Waals surface area contributed by atoms with Crippen LogP contribution in [-0.2, 0) is 14.8 Å². The number of ether oxygens (including phenoxy) is 1. The summed E-state index contributed by atoms with van der Waals surface area (Å²) in [5.41, 5.74) is 1.05. The maximum absolute atomic E-state index is 13.2. The van der Waals surface area contributed by atoms with Gasteiger partial charge in [0.1, 0.15) is 0 Å². The highest BCUT2D eigenvalue weighted by atomic mass is 32.2. The number of nitrogens with zero attached hydrogens (tertiary/aromatic N) is 2. The number of hydrogen-bond acceptors (Lipinski definition) is 5. The Kier molecular flexibility index (Phi) is 7.35. The number of nitrogens with one attached hydrogen (secondary N) is 1. The van der Waals surface area contributed by atoms with Crippen molar-refractivity contribution in [3.8, 4) is 0 Å². The predicted octanol–water partition coefficient (Wildman–Crippen LogP) is 3.36. The minimum absolute atomic E-state index is 0.0476. The molecule has 8 nitrogen and oxygen atoms in total. The molecule has 2 saturated heterocycles. The molecule has 34 heavy (non-hydrogen) atoms. The second-order valence-corrected chi connectivity index (χ2v) is 10.7. The first-order chi connectivity index (χ1) is 16.3. The highest BCUT2D eigenvalue weighted by Crippen LogP contribution is 2.30. The van der Waals surface area contributed by atoms with Crippen LogP contribution in [0.2, 0.25) is 0 Å². The van der Waals surface area contributed by atoms with E-state index >= 15 is 0 Å². The summed E-state index contributed by atoms with van der Waals surface area (Å²) in [6.45, 7) is 5.81. The van der Waals surface area contributed by atoms with Crippen LogP contribution in [0.15, 0.2) is 53.4 Å². The van der Waals surface area contributed by atoms with Gasteiger partial charge in [-0.05, 0) is 63.1 Å². The number of amides is 2. The highest BCUT2D eigenvalue weighted by molar-refractivity contribution is 7.89. The Hall–Kier alpha value is -2.75. The molecule has 182 valence electrons. The quantitative estimate of drug-likeness (QED) is 0.701. The van der Waals surface area contributed by atoms with E-state index in [1.807, 2.05) is 13.8 Å². The van der Waals surface area contributed by atoms with Crippen LogP contribution in [0.3, 0.4) is 0 Å². The Morgan fingerprint density at radius 1 is 0.912 bits per heavy atom. The van der Waals surface area contributed by atoms with Crippen LogP contribution in [0.25, 0.3) is 0 Å². The number of sulfonamides is 1. The van der Waals surface area contributed by atoms with Crippen molar-refractivity contribution < 1.29 is 22.7 Å². The van der Waals surface area contributed by atoms with E-state index in [0.29, 0.717) is 37.6 Å². The van der Waals surface area contributed by atoms with Crippen LogP contribution >= 0.6 is 0 Å². The van der Waals surface area contributed by atoms with E-state index < -0.39 is 15.9 Å². The number of carbonyl (C=O) groups is 2. The average Bonchev–Trinajstić information content (AvgIpc) is 2.84. The van der Waals surface area contributed by atoms with Gasteiger partial charge in [0.05, 0.1) is 29.2 Å². The Balaban J connectivity index is 1.50. The Morgan fingerprint density at radius 3 is 2.12 bits per heavy atom. The van der Waals surface area contributed by atoms with Crippen molar-refractivity contribution in [1.29, 1.82) is 0 Å². The molecule has 2 aromatic carbocycles. The molecule has 1 N–H and O–H groups in total. The third kappa shape index (κ3) is 5.01. The molecular formula is C25H31N3O5S. The van der Waals surface area contributed by atoms with E-state index in [1.165, 1.54) is 12.1 Å². The molecule has 2 aromatic rings. The van der Waals surface area contributed by atoms with Crippen molar-refractivity contribution >= 4 is 27.5 Å². The van der Waals surface area contributed by atoms with Gasteiger partial charge in [0.15, 0.2) is 0 Å². The van der Waals surface area contributed by atoms with Crippen molar-refractivity contribution in [2.45, 2.75) is 50.1 Å². The number of morpholine rings is 1. The van der Waals surface area contributed by atoms with E-state index in [4.69, 9.17) is 4.74 Å². The summed E-state index contributed by atoms with van der Waals surface area (Å²) in [5.74, 6) is -0.633. The molecule has 0 aromatic heterocycles. The van der Waals surface area contributed by atoms with Gasteiger partial charge in [-0.2, -0.15) is 4.31 Å². The lowest BCUT2D eigenvalue weighted by Gasteiger charge is -2.37. The molecule has 9 heteroatoms. The van der Waals surface area contributed by atoms with Gasteiger partial charge in [0.2, 0.25) is 10.0 Å². The van der Waals surface area contributed by atoms with Gasteiger partial charge >= 0.3 is 0 Å². The molecule has 2 amide bonds. The minimum atomic E-state index is -3.63. The zero-order valence-corrected chi connectivity index (χ0v) is 20.4. The van der Waals surface area contributed by atoms with E-state index in [2.05, 4.69) is 5.32 Å². The molecule has 2 aliphatic heterocycles. The number of anilines is 1. The number of piperidine rings is 1. The molecule has 0 aliphatic carbocycles. The number of benzene rings is 2. The normalized spacial score (nSPS) is 21.8. The summed E-state index contributed by atoms with van der Waals surface area (Å²) in [7, 11) is -3.63. The molecule has 0 spiro atoms. The molecule has 0 bridgehead atoms. The van der Waals surface area contributed by atoms with Gasteiger partial charge in [-0.15, -0.1) is 0 Å². The standard InChI is InChI=1S/C25H31N3O5S/c1-18-6-5-7-19(2)28(18)34(31,32)21-12-10-20(11-13-21)26-24(29)22-8-3-4-9-23(22)25(30)27-14-16-33-17-15-27/h3-4,8-13,18-19H,5-7,14-17H2,1-2H3,(H,26,29)/t18-,19-/m0/s1. The number of hydrogen-bond donors (Lipinski definition) is 1. The molecule has 2 heterocycles. The highest BCUT2D eigenvalue weighted by Gasteiger charge is 2.35. The van der Waals surface area contributed by atoms with Gasteiger partial charge in [-0.25, -0.2) is 8.42 Å². The molecule has 2 aliphatic rings. The largest absolute Gasteiger partial charge is 0.378 e. The Bertz CT molecular complexity index is 1130. The average molecular weight is 486 g/mol. The van der Waals surface area contributed by atoms with Gasteiger partial charge in [-0.3, -0.25) is 9.59 Å². The third-order valence-electron chi connectivity index (χ3n) is 6.50. The zero-order valence-electron chi connectivity index (χ0n) is 19.6. The second-order valence-electron chi connectivity index (χ2n) is 8.89. The van der Waals surface area contributed by atoms with Crippen molar-refractivity contribution in [2.75, 3.05) is 31.6 Å². The van der Waals surface area contributed by atoms with Crippen LogP contribution in [0, 0.1) is 0 Å². The maximum Gasteiger partial charge on any atom is 0.256 e. The first-order valence-corrected chi connectivity index (χ1v) is 13.1. The predicted molar refractivity (Wildman–Crippen MR) is 129 cm³/mol. The van der Waals surface area contributed by atoms with E-state index in [-0.39, 0.29) is 28.4 Å². The van der Waals surface area contributed by atoms with Gasteiger partial charge < -0.3 is 15.0 Å². The van der Waals surface area contributed by atoms with E-state index in [0.717, 1.165) is 19.3 Å². The molecule has 2 fully saturated rings. The summed E-state index contributed by atoms with van der Waals surface area (Å²) in [4.78, 5) is 27.8. The molecule has 0 unspecified atom stereocenters. The van der Waals surface area contributed by atoms with Crippen LogP contribution in [0.1, 0.15) is 53.8 Å². The summed E-state index contributed by atoms with van der Waals surface area (Å²) < 4.78 is 33.3. The fourth-order valence-corrected chi connectivity index (χ4v) is 6.59.